The first-order valence-electron chi connectivity index (χ1n) is 8.74. The van der Waals surface area contributed by atoms with Crippen LogP contribution < -0.4 is 5.32 Å². The van der Waals surface area contributed by atoms with Gasteiger partial charge in [-0.2, -0.15) is 0 Å². The zero-order valence-electron chi connectivity index (χ0n) is 13.1. The molecule has 0 amide bonds. The molecule has 0 aliphatic heterocycles. The van der Waals surface area contributed by atoms with Crippen molar-refractivity contribution in [3.05, 3.63) is 0 Å². The van der Waals surface area contributed by atoms with Crippen LogP contribution in [0.2, 0.25) is 0 Å². The first kappa shape index (κ1) is 17.0. The molecule has 19 heavy (non-hydrogen) atoms. The third kappa shape index (κ3) is 10.4. The highest BCUT2D eigenvalue weighted by Crippen LogP contribution is 2.16. The van der Waals surface area contributed by atoms with Crippen LogP contribution in [0.15, 0.2) is 0 Å². The number of ether oxygens (including phenoxy) is 1. The normalized spacial score (nSPS) is 20.7. The van der Waals surface area contributed by atoms with E-state index in [0.717, 1.165) is 32.2 Å². The quantitative estimate of drug-likeness (QED) is 0.707. The van der Waals surface area contributed by atoms with Gasteiger partial charge in [-0.1, -0.05) is 57.8 Å². The zero-order valence-corrected chi connectivity index (χ0v) is 13.1. The minimum Gasteiger partial charge on any atom is -0.382 e. The first-order valence-corrected chi connectivity index (χ1v) is 8.74. The van der Waals surface area contributed by atoms with E-state index in [2.05, 4.69) is 12.2 Å². The molecule has 2 nitrogen and oxygen atoms in total. The zero-order chi connectivity index (χ0) is 13.6. The lowest BCUT2D eigenvalue weighted by Crippen LogP contribution is -2.30. The standard InChI is InChI=1S/C17H35NO/c1-2-19-16-12-15-18-17-13-10-8-6-4-3-5-7-9-11-14-17/h17-18H,2-16H2,1H3. The molecule has 0 aromatic heterocycles. The van der Waals surface area contributed by atoms with Crippen LogP contribution in [0.3, 0.4) is 0 Å². The number of rotatable bonds is 6. The molecule has 0 saturated heterocycles. The maximum Gasteiger partial charge on any atom is 0.0477 e. The van der Waals surface area contributed by atoms with Crippen LogP contribution >= 0.6 is 0 Å². The number of hydrogen-bond acceptors (Lipinski definition) is 2. The van der Waals surface area contributed by atoms with Gasteiger partial charge in [-0.25, -0.2) is 0 Å². The Hall–Kier alpha value is -0.0800. The maximum absolute atomic E-state index is 5.39. The Kier molecular flexibility index (Phi) is 11.5. The monoisotopic (exact) mass is 269 g/mol. The lowest BCUT2D eigenvalue weighted by molar-refractivity contribution is 0.143. The highest BCUT2D eigenvalue weighted by Gasteiger charge is 2.08. The van der Waals surface area contributed by atoms with Crippen LogP contribution in [0, 0.1) is 0 Å². The highest BCUT2D eigenvalue weighted by atomic mass is 16.5. The van der Waals surface area contributed by atoms with Crippen LogP contribution in [-0.2, 0) is 4.74 Å². The van der Waals surface area contributed by atoms with Gasteiger partial charge in [-0.3, -0.25) is 0 Å². The molecule has 1 fully saturated rings. The molecule has 0 aromatic carbocycles. The predicted molar refractivity (Wildman–Crippen MR) is 83.7 cm³/mol. The molecule has 0 atom stereocenters. The van der Waals surface area contributed by atoms with Crippen molar-refractivity contribution in [3.63, 3.8) is 0 Å². The Morgan fingerprint density at radius 1 is 0.842 bits per heavy atom. The fourth-order valence-electron chi connectivity index (χ4n) is 2.99. The summed E-state index contributed by atoms with van der Waals surface area (Å²) in [4.78, 5) is 0. The van der Waals surface area contributed by atoms with Gasteiger partial charge >= 0.3 is 0 Å². The van der Waals surface area contributed by atoms with Crippen molar-refractivity contribution in [1.82, 2.24) is 5.32 Å². The Morgan fingerprint density at radius 3 is 1.89 bits per heavy atom. The van der Waals surface area contributed by atoms with Crippen molar-refractivity contribution in [2.75, 3.05) is 19.8 Å². The van der Waals surface area contributed by atoms with E-state index in [9.17, 15) is 0 Å². The molecular formula is C17H35NO. The van der Waals surface area contributed by atoms with Crippen molar-refractivity contribution >= 4 is 0 Å². The molecule has 0 spiro atoms. The van der Waals surface area contributed by atoms with E-state index in [1.807, 2.05) is 0 Å². The molecule has 0 bridgehead atoms. The van der Waals surface area contributed by atoms with Crippen molar-refractivity contribution in [1.29, 1.82) is 0 Å². The van der Waals surface area contributed by atoms with Gasteiger partial charge in [0.1, 0.15) is 0 Å². The summed E-state index contributed by atoms with van der Waals surface area (Å²) in [5.74, 6) is 0. The molecule has 0 aromatic rings. The maximum atomic E-state index is 5.39. The lowest BCUT2D eigenvalue weighted by atomic mass is 9.98. The van der Waals surface area contributed by atoms with Crippen molar-refractivity contribution in [2.45, 2.75) is 90.0 Å². The summed E-state index contributed by atoms with van der Waals surface area (Å²) in [6.45, 7) is 4.96. The Morgan fingerprint density at radius 2 is 1.37 bits per heavy atom. The Balaban J connectivity index is 2.11. The van der Waals surface area contributed by atoms with Crippen molar-refractivity contribution in [2.24, 2.45) is 0 Å². The van der Waals surface area contributed by atoms with Gasteiger partial charge < -0.3 is 10.1 Å². The van der Waals surface area contributed by atoms with E-state index >= 15 is 0 Å². The minimum atomic E-state index is 0.765. The van der Waals surface area contributed by atoms with E-state index < -0.39 is 0 Å². The number of hydrogen-bond donors (Lipinski definition) is 1. The van der Waals surface area contributed by atoms with Gasteiger partial charge in [0.15, 0.2) is 0 Å². The molecule has 1 rings (SSSR count). The molecule has 0 radical (unpaired) electrons. The summed E-state index contributed by atoms with van der Waals surface area (Å²) in [5.41, 5.74) is 0. The predicted octanol–water partition coefficient (Wildman–Crippen LogP) is 4.68. The average Bonchev–Trinajstić information content (AvgIpc) is 2.41. The molecule has 0 heterocycles. The van der Waals surface area contributed by atoms with Crippen LogP contribution in [0.1, 0.15) is 84.0 Å². The molecular weight excluding hydrogens is 234 g/mol. The molecule has 114 valence electrons. The second kappa shape index (κ2) is 12.9. The van der Waals surface area contributed by atoms with Gasteiger partial charge in [0, 0.05) is 19.3 Å². The first-order chi connectivity index (χ1) is 9.43. The molecule has 1 N–H and O–H groups in total. The molecule has 1 aliphatic rings. The van der Waals surface area contributed by atoms with Crippen LogP contribution in [0.5, 0.6) is 0 Å². The highest BCUT2D eigenvalue weighted by molar-refractivity contribution is 4.68. The third-order valence-corrected chi connectivity index (χ3v) is 4.21. The SMILES string of the molecule is CCOCCCNC1CCCCCCCCCCC1. The summed E-state index contributed by atoms with van der Waals surface area (Å²) >= 11 is 0. The number of nitrogens with one attached hydrogen (secondary N) is 1. The molecule has 1 aliphatic carbocycles. The summed E-state index contributed by atoms with van der Waals surface area (Å²) in [7, 11) is 0. The minimum absolute atomic E-state index is 0.765. The topological polar surface area (TPSA) is 21.3 Å². The van der Waals surface area contributed by atoms with E-state index in [0.29, 0.717) is 0 Å². The molecule has 1 saturated carbocycles. The van der Waals surface area contributed by atoms with E-state index in [1.54, 1.807) is 0 Å². The summed E-state index contributed by atoms with van der Waals surface area (Å²) < 4.78 is 5.39. The molecule has 0 unspecified atom stereocenters. The average molecular weight is 269 g/mol. The third-order valence-electron chi connectivity index (χ3n) is 4.21. The smallest absolute Gasteiger partial charge is 0.0477 e. The summed E-state index contributed by atoms with van der Waals surface area (Å²) in [5, 5.41) is 3.75. The molecule has 2 heteroatoms. The van der Waals surface area contributed by atoms with Crippen molar-refractivity contribution < 1.29 is 4.74 Å². The van der Waals surface area contributed by atoms with Crippen LogP contribution in [0.25, 0.3) is 0 Å². The fourth-order valence-corrected chi connectivity index (χ4v) is 2.99. The largest absolute Gasteiger partial charge is 0.382 e. The van der Waals surface area contributed by atoms with E-state index in [-0.39, 0.29) is 0 Å². The second-order valence-electron chi connectivity index (χ2n) is 5.96. The fraction of sp³-hybridized carbons (Fsp3) is 1.00. The Labute approximate surface area is 120 Å². The van der Waals surface area contributed by atoms with E-state index in [1.165, 1.54) is 70.6 Å². The van der Waals surface area contributed by atoms with Crippen molar-refractivity contribution in [3.8, 4) is 0 Å². The van der Waals surface area contributed by atoms with Gasteiger partial charge in [-0.15, -0.1) is 0 Å². The second-order valence-corrected chi connectivity index (χ2v) is 5.96. The Bertz CT molecular complexity index is 172. The van der Waals surface area contributed by atoms with Gasteiger partial charge in [0.25, 0.3) is 0 Å². The van der Waals surface area contributed by atoms with E-state index in [4.69, 9.17) is 4.74 Å². The summed E-state index contributed by atoms with van der Waals surface area (Å²) in [6, 6.07) is 0.765. The summed E-state index contributed by atoms with van der Waals surface area (Å²) in [6.07, 6.45) is 17.0. The van der Waals surface area contributed by atoms with Crippen LogP contribution in [-0.4, -0.2) is 25.8 Å². The van der Waals surface area contributed by atoms with Gasteiger partial charge in [0.2, 0.25) is 0 Å². The lowest BCUT2D eigenvalue weighted by Gasteiger charge is -2.19. The van der Waals surface area contributed by atoms with Gasteiger partial charge in [0.05, 0.1) is 0 Å². The van der Waals surface area contributed by atoms with Gasteiger partial charge in [-0.05, 0) is 32.7 Å². The van der Waals surface area contributed by atoms with Crippen LogP contribution in [0.4, 0.5) is 0 Å².